The van der Waals surface area contributed by atoms with Crippen molar-refractivity contribution in [3.8, 4) is 11.8 Å². The zero-order chi connectivity index (χ0) is 27.2. The van der Waals surface area contributed by atoms with Gasteiger partial charge in [-0.3, -0.25) is 4.79 Å². The number of hydrogen-bond acceptors (Lipinski definition) is 6. The third-order valence-electron chi connectivity index (χ3n) is 5.52. The van der Waals surface area contributed by atoms with Gasteiger partial charge in [0.2, 0.25) is 11.8 Å². The van der Waals surface area contributed by atoms with Crippen molar-refractivity contribution in [2.75, 3.05) is 19.8 Å². The van der Waals surface area contributed by atoms with Crippen LogP contribution in [0.15, 0.2) is 69.9 Å². The second kappa shape index (κ2) is 12.2. The lowest BCUT2D eigenvalue weighted by Gasteiger charge is -2.21. The monoisotopic (exact) mass is 632 g/mol. The van der Waals surface area contributed by atoms with Gasteiger partial charge in [0.25, 0.3) is 0 Å². The normalized spacial score (nSPS) is 11.6. The molecule has 4 aromatic rings. The third kappa shape index (κ3) is 8.38. The molecule has 0 aliphatic rings. The zero-order valence-corrected chi connectivity index (χ0v) is 24.3. The number of carboxylic acids is 1. The number of halogens is 2. The molecule has 0 unspecified atom stereocenters. The molecule has 0 radical (unpaired) electrons. The molecule has 2 heterocycles. The van der Waals surface area contributed by atoms with Crippen LogP contribution in [-0.4, -0.2) is 46.0 Å². The average Bonchev–Trinajstić information content (AvgIpc) is 2.86. The fourth-order valence-corrected chi connectivity index (χ4v) is 3.73. The van der Waals surface area contributed by atoms with Gasteiger partial charge >= 0.3 is 5.97 Å². The van der Waals surface area contributed by atoms with Crippen LogP contribution in [0.5, 0.6) is 11.8 Å². The fraction of sp³-hybridized carbons (Fsp3) is 0.321. The summed E-state index contributed by atoms with van der Waals surface area (Å²) >= 11 is 6.85. The molecule has 0 amide bonds. The summed E-state index contributed by atoms with van der Waals surface area (Å²) < 4.78 is 13.1. The minimum Gasteiger partial charge on any atom is -0.481 e. The van der Waals surface area contributed by atoms with Gasteiger partial charge in [-0.15, -0.1) is 0 Å². The summed E-state index contributed by atoms with van der Waals surface area (Å²) in [5.74, 6) is 0.123. The first-order chi connectivity index (χ1) is 17.4. The molecule has 7 nitrogen and oxygen atoms in total. The largest absolute Gasteiger partial charge is 0.481 e. The van der Waals surface area contributed by atoms with E-state index in [9.17, 15) is 9.90 Å². The molecule has 0 aliphatic carbocycles. The number of fused-ring (bicyclic) bond motifs is 2. The summed E-state index contributed by atoms with van der Waals surface area (Å²) in [6, 6.07) is 15.6. The van der Waals surface area contributed by atoms with Gasteiger partial charge in [0.05, 0.1) is 18.6 Å². The number of hydrogen-bond donors (Lipinski definition) is 2. The van der Waals surface area contributed by atoms with Crippen molar-refractivity contribution in [3.63, 3.8) is 0 Å². The van der Waals surface area contributed by atoms with E-state index in [1.165, 1.54) is 0 Å². The predicted molar refractivity (Wildman–Crippen MR) is 152 cm³/mol. The summed E-state index contributed by atoms with van der Waals surface area (Å²) in [6.45, 7) is 7.74. The lowest BCUT2D eigenvalue weighted by Crippen LogP contribution is -2.30. The van der Waals surface area contributed by atoms with E-state index in [-0.39, 0.29) is 18.6 Å². The van der Waals surface area contributed by atoms with Crippen LogP contribution in [0.4, 0.5) is 0 Å². The molecule has 4 rings (SSSR count). The highest BCUT2D eigenvalue weighted by molar-refractivity contribution is 9.10. The van der Waals surface area contributed by atoms with Crippen LogP contribution in [0.2, 0.25) is 0 Å². The molecule has 0 aliphatic heterocycles. The number of rotatable bonds is 8. The van der Waals surface area contributed by atoms with Gasteiger partial charge in [-0.25, -0.2) is 9.97 Å². The van der Waals surface area contributed by atoms with Gasteiger partial charge in [-0.1, -0.05) is 57.8 Å². The Morgan fingerprint density at radius 3 is 1.68 bits per heavy atom. The van der Waals surface area contributed by atoms with Crippen LogP contribution in [0.1, 0.15) is 27.7 Å². The molecule has 0 bridgehead atoms. The van der Waals surface area contributed by atoms with E-state index in [1.54, 1.807) is 32.3 Å². The number of ether oxygens (including phenoxy) is 2. The molecule has 0 atom stereocenters. The molecule has 2 N–H and O–H groups in total. The number of aliphatic hydroxyl groups is 1. The highest BCUT2D eigenvalue weighted by Gasteiger charge is 2.28. The number of benzene rings is 2. The Hall–Kier alpha value is -2.75. The Balaban J connectivity index is 0.000000206. The van der Waals surface area contributed by atoms with Crippen molar-refractivity contribution in [1.29, 1.82) is 0 Å². The van der Waals surface area contributed by atoms with Gasteiger partial charge in [0.1, 0.15) is 6.61 Å². The van der Waals surface area contributed by atoms with Gasteiger partial charge in [-0.2, -0.15) is 0 Å². The molecule has 0 fully saturated rings. The molecule has 2 aromatic carbocycles. The van der Waals surface area contributed by atoms with Gasteiger partial charge in [0, 0.05) is 49.7 Å². The quantitative estimate of drug-likeness (QED) is 0.218. The van der Waals surface area contributed by atoms with Crippen LogP contribution in [0.25, 0.3) is 21.5 Å². The zero-order valence-electron chi connectivity index (χ0n) is 21.2. The van der Waals surface area contributed by atoms with E-state index in [0.29, 0.717) is 18.4 Å². The number of aliphatic hydroxyl groups excluding tert-OH is 1. The van der Waals surface area contributed by atoms with Gasteiger partial charge < -0.3 is 19.7 Å². The number of aliphatic carboxylic acids is 1. The van der Waals surface area contributed by atoms with Crippen LogP contribution in [0.3, 0.4) is 0 Å². The molecule has 0 spiro atoms. The second-order valence-corrected chi connectivity index (χ2v) is 11.9. The molecule has 196 valence electrons. The number of pyridine rings is 2. The Morgan fingerprint density at radius 1 is 0.784 bits per heavy atom. The van der Waals surface area contributed by atoms with E-state index < -0.39 is 11.4 Å². The minimum atomic E-state index is -0.937. The van der Waals surface area contributed by atoms with Crippen molar-refractivity contribution >= 4 is 59.4 Å². The molecule has 2 aromatic heterocycles. The van der Waals surface area contributed by atoms with E-state index in [0.717, 1.165) is 30.5 Å². The maximum absolute atomic E-state index is 11.0. The highest BCUT2D eigenvalue weighted by Crippen LogP contribution is 2.25. The number of aromatic nitrogens is 2. The van der Waals surface area contributed by atoms with Crippen LogP contribution in [0, 0.1) is 10.8 Å². The first-order valence-electron chi connectivity index (χ1n) is 11.6. The van der Waals surface area contributed by atoms with Crippen molar-refractivity contribution in [3.05, 3.63) is 69.9 Å². The Kier molecular flexibility index (Phi) is 9.50. The van der Waals surface area contributed by atoms with E-state index >= 15 is 0 Å². The molecular formula is C28H30Br2N2O5. The van der Waals surface area contributed by atoms with Crippen molar-refractivity contribution in [2.45, 2.75) is 27.7 Å². The Labute approximate surface area is 233 Å². The summed E-state index contributed by atoms with van der Waals surface area (Å²) in [6.07, 6.45) is 3.51. The van der Waals surface area contributed by atoms with Gasteiger partial charge in [0.15, 0.2) is 0 Å². The summed E-state index contributed by atoms with van der Waals surface area (Å²) in [5, 5.41) is 22.4. The van der Waals surface area contributed by atoms with Crippen LogP contribution in [-0.2, 0) is 4.79 Å². The molecule has 0 saturated carbocycles. The standard InChI is InChI=1S/C14H14BrNO3.C14H16BrNO2/c1-14(2,13(17)18)8-19-12-6-10-5-11(15)4-3-9(10)7-16-12;1-14(2,8-17)9-18-13-6-11-5-12(15)4-3-10(11)7-16-13/h3-7H,8H2,1-2H3,(H,17,18);3-7,17H,8-9H2,1-2H3. The highest BCUT2D eigenvalue weighted by atomic mass is 79.9. The lowest BCUT2D eigenvalue weighted by molar-refractivity contribution is -0.148. The third-order valence-corrected chi connectivity index (χ3v) is 6.50. The summed E-state index contributed by atoms with van der Waals surface area (Å²) in [5.41, 5.74) is -1.19. The van der Waals surface area contributed by atoms with E-state index in [4.69, 9.17) is 14.6 Å². The molecule has 37 heavy (non-hydrogen) atoms. The van der Waals surface area contributed by atoms with E-state index in [2.05, 4.69) is 41.8 Å². The smallest absolute Gasteiger partial charge is 0.312 e. The fourth-order valence-electron chi connectivity index (χ4n) is 2.97. The summed E-state index contributed by atoms with van der Waals surface area (Å²) in [4.78, 5) is 19.4. The number of nitrogens with zero attached hydrogens (tertiary/aromatic N) is 2. The van der Waals surface area contributed by atoms with E-state index in [1.807, 2.05) is 56.3 Å². The molecule has 9 heteroatoms. The van der Waals surface area contributed by atoms with Crippen LogP contribution >= 0.6 is 31.9 Å². The number of carboxylic acid groups (broad SMARTS) is 1. The second-order valence-electron chi connectivity index (χ2n) is 10.1. The van der Waals surface area contributed by atoms with Crippen molar-refractivity contribution in [1.82, 2.24) is 9.97 Å². The average molecular weight is 634 g/mol. The first kappa shape index (κ1) is 28.8. The van der Waals surface area contributed by atoms with Crippen LogP contribution < -0.4 is 9.47 Å². The van der Waals surface area contributed by atoms with Crippen molar-refractivity contribution < 1.29 is 24.5 Å². The van der Waals surface area contributed by atoms with Gasteiger partial charge in [-0.05, 0) is 48.9 Å². The summed E-state index contributed by atoms with van der Waals surface area (Å²) in [7, 11) is 0. The topological polar surface area (TPSA) is 102 Å². The molecular weight excluding hydrogens is 604 g/mol. The lowest BCUT2D eigenvalue weighted by atomic mass is 9.95. The molecule has 0 saturated heterocycles. The SMILES string of the molecule is CC(C)(CO)COc1cc2cc(Br)ccc2cn1.CC(C)(COc1cc2cc(Br)ccc2cn1)C(=O)O. The predicted octanol–water partition coefficient (Wildman–Crippen LogP) is 6.88. The minimum absolute atomic E-state index is 0.0782. The maximum atomic E-state index is 11.0. The maximum Gasteiger partial charge on any atom is 0.312 e. The van der Waals surface area contributed by atoms with Crippen molar-refractivity contribution in [2.24, 2.45) is 10.8 Å². The first-order valence-corrected chi connectivity index (χ1v) is 13.2. The Morgan fingerprint density at radius 2 is 1.24 bits per heavy atom. The number of carbonyl (C=O) groups is 1. The Bertz CT molecular complexity index is 1390.